The van der Waals surface area contributed by atoms with Crippen LogP contribution in [0.2, 0.25) is 0 Å². The van der Waals surface area contributed by atoms with Gasteiger partial charge in [-0.05, 0) is 52.5 Å². The summed E-state index contributed by atoms with van der Waals surface area (Å²) >= 11 is 0. The molecule has 0 aliphatic heterocycles. The van der Waals surface area contributed by atoms with Crippen molar-refractivity contribution in [3.63, 3.8) is 0 Å². The second kappa shape index (κ2) is 13.0. The second-order valence-corrected chi connectivity index (χ2v) is 10.4. The van der Waals surface area contributed by atoms with Crippen molar-refractivity contribution >= 4 is 23.7 Å². The fraction of sp³-hybridized carbons (Fsp3) is 0.333. The molecule has 0 fully saturated rings. The van der Waals surface area contributed by atoms with Gasteiger partial charge in [-0.15, -0.1) is 0 Å². The first kappa shape index (κ1) is 26.3. The Labute approximate surface area is 211 Å². The highest BCUT2D eigenvalue weighted by atomic mass is 16.1. The van der Waals surface area contributed by atoms with E-state index >= 15 is 0 Å². The molecule has 0 aliphatic rings. The number of benzene rings is 3. The van der Waals surface area contributed by atoms with Crippen LogP contribution in [0.1, 0.15) is 80.7 Å². The van der Waals surface area contributed by atoms with Gasteiger partial charge in [-0.25, -0.2) is 0 Å². The normalized spacial score (nSPS) is 11.6. The standard InChI is InChI=1S/C33H38O2/c1-33(2,3)30-23-21-27(22-24-30)11-7-12-31(34)13-8-14-32(35)25-29-19-17-28(18-20-29)16-15-26-9-5-4-6-10-26/h4-6,9-10,15-24H,7-8,11-14,25H2,1-3H3/b16-15+. The van der Waals surface area contributed by atoms with Crippen LogP contribution in [0.5, 0.6) is 0 Å². The Balaban J connectivity index is 1.32. The molecule has 0 saturated heterocycles. The molecule has 0 N–H and O–H groups in total. The molecule has 3 rings (SSSR count). The molecule has 3 aromatic carbocycles. The largest absolute Gasteiger partial charge is 0.300 e. The summed E-state index contributed by atoms with van der Waals surface area (Å²) in [5.74, 6) is 0.461. The van der Waals surface area contributed by atoms with Crippen molar-refractivity contribution in [1.29, 1.82) is 0 Å². The molecule has 182 valence electrons. The third kappa shape index (κ3) is 9.48. The lowest BCUT2D eigenvalue weighted by Gasteiger charge is -2.19. The van der Waals surface area contributed by atoms with Crippen LogP contribution >= 0.6 is 0 Å². The molecule has 0 aliphatic carbocycles. The highest BCUT2D eigenvalue weighted by Crippen LogP contribution is 2.22. The predicted octanol–water partition coefficient (Wildman–Crippen LogP) is 8.03. The minimum Gasteiger partial charge on any atom is -0.300 e. The number of hydrogen-bond donors (Lipinski definition) is 0. The number of ketones is 2. The number of hydrogen-bond acceptors (Lipinski definition) is 2. The zero-order valence-corrected chi connectivity index (χ0v) is 21.4. The Kier molecular flexibility index (Phi) is 9.78. The minimum atomic E-state index is 0.162. The molecule has 0 spiro atoms. The lowest BCUT2D eigenvalue weighted by atomic mass is 9.86. The SMILES string of the molecule is CC(C)(C)c1ccc(CCCC(=O)CCCC(=O)Cc2ccc(/C=C/c3ccccc3)cc2)cc1. The maximum atomic E-state index is 12.4. The summed E-state index contributed by atoms with van der Waals surface area (Å²) in [5, 5.41) is 0. The van der Waals surface area contributed by atoms with Crippen LogP contribution in [0.3, 0.4) is 0 Å². The van der Waals surface area contributed by atoms with Gasteiger partial charge in [0.1, 0.15) is 11.6 Å². The summed E-state index contributed by atoms with van der Waals surface area (Å²) in [6.07, 6.45) is 8.59. The van der Waals surface area contributed by atoms with Crippen molar-refractivity contribution < 1.29 is 9.59 Å². The molecular formula is C33H38O2. The zero-order chi connectivity index (χ0) is 25.1. The van der Waals surface area contributed by atoms with E-state index in [0.29, 0.717) is 32.1 Å². The van der Waals surface area contributed by atoms with Gasteiger partial charge in [0, 0.05) is 25.7 Å². The average Bonchev–Trinajstić information content (AvgIpc) is 2.84. The van der Waals surface area contributed by atoms with Crippen LogP contribution in [0.15, 0.2) is 78.9 Å². The molecule has 0 atom stereocenters. The zero-order valence-electron chi connectivity index (χ0n) is 21.4. The number of aryl methyl sites for hydroxylation is 1. The summed E-state index contributed by atoms with van der Waals surface area (Å²) in [6, 6.07) is 27.0. The summed E-state index contributed by atoms with van der Waals surface area (Å²) in [6.45, 7) is 6.65. The number of carbonyl (C=O) groups is 2. The van der Waals surface area contributed by atoms with E-state index < -0.39 is 0 Å². The van der Waals surface area contributed by atoms with Crippen LogP contribution in [0.4, 0.5) is 0 Å². The van der Waals surface area contributed by atoms with Crippen LogP contribution in [-0.4, -0.2) is 11.6 Å². The fourth-order valence-electron chi connectivity index (χ4n) is 4.09. The Morgan fingerprint density at radius 2 is 1.17 bits per heavy atom. The summed E-state index contributed by atoms with van der Waals surface area (Å²) in [5.41, 5.74) is 6.07. The molecule has 0 aromatic heterocycles. The van der Waals surface area contributed by atoms with Gasteiger partial charge < -0.3 is 0 Å². The molecule has 0 radical (unpaired) electrons. The van der Waals surface area contributed by atoms with Crippen molar-refractivity contribution in [2.45, 2.75) is 71.1 Å². The van der Waals surface area contributed by atoms with E-state index in [1.165, 1.54) is 11.1 Å². The molecule has 2 heteroatoms. The van der Waals surface area contributed by atoms with Gasteiger partial charge in [-0.1, -0.05) is 112 Å². The Morgan fingerprint density at radius 1 is 0.629 bits per heavy atom. The van der Waals surface area contributed by atoms with E-state index in [2.05, 4.69) is 69.3 Å². The van der Waals surface area contributed by atoms with E-state index in [1.807, 2.05) is 42.5 Å². The second-order valence-electron chi connectivity index (χ2n) is 10.4. The van der Waals surface area contributed by atoms with Crippen molar-refractivity contribution in [1.82, 2.24) is 0 Å². The van der Waals surface area contributed by atoms with E-state index in [0.717, 1.165) is 29.5 Å². The van der Waals surface area contributed by atoms with Crippen LogP contribution < -0.4 is 0 Å². The highest BCUT2D eigenvalue weighted by Gasteiger charge is 2.13. The van der Waals surface area contributed by atoms with E-state index in [9.17, 15) is 9.59 Å². The lowest BCUT2D eigenvalue weighted by Crippen LogP contribution is -2.10. The smallest absolute Gasteiger partial charge is 0.137 e. The topological polar surface area (TPSA) is 34.1 Å². The van der Waals surface area contributed by atoms with Gasteiger partial charge in [0.25, 0.3) is 0 Å². The summed E-state index contributed by atoms with van der Waals surface area (Å²) in [7, 11) is 0. The molecule has 0 bridgehead atoms. The first-order chi connectivity index (χ1) is 16.8. The first-order valence-corrected chi connectivity index (χ1v) is 12.7. The van der Waals surface area contributed by atoms with Crippen molar-refractivity contribution in [3.05, 3.63) is 107 Å². The average molecular weight is 467 g/mol. The number of carbonyl (C=O) groups excluding carboxylic acids is 2. The van der Waals surface area contributed by atoms with Gasteiger partial charge in [0.2, 0.25) is 0 Å². The van der Waals surface area contributed by atoms with Crippen molar-refractivity contribution in [2.24, 2.45) is 0 Å². The van der Waals surface area contributed by atoms with Gasteiger partial charge >= 0.3 is 0 Å². The van der Waals surface area contributed by atoms with Crippen molar-refractivity contribution in [2.75, 3.05) is 0 Å². The molecule has 0 saturated carbocycles. The summed E-state index contributed by atoms with van der Waals surface area (Å²) in [4.78, 5) is 24.6. The molecule has 3 aromatic rings. The molecule has 0 amide bonds. The number of rotatable bonds is 12. The molecule has 0 unspecified atom stereocenters. The highest BCUT2D eigenvalue weighted by molar-refractivity contribution is 5.82. The van der Waals surface area contributed by atoms with E-state index in [-0.39, 0.29) is 17.0 Å². The van der Waals surface area contributed by atoms with Gasteiger partial charge in [-0.2, -0.15) is 0 Å². The Hall–Kier alpha value is -3.26. The molecular weight excluding hydrogens is 428 g/mol. The third-order valence-corrected chi connectivity index (χ3v) is 6.30. The molecule has 0 heterocycles. The maximum absolute atomic E-state index is 12.4. The Morgan fingerprint density at radius 3 is 1.80 bits per heavy atom. The lowest BCUT2D eigenvalue weighted by molar-refractivity contribution is -0.120. The minimum absolute atomic E-state index is 0.162. The van der Waals surface area contributed by atoms with Gasteiger partial charge in [0.15, 0.2) is 0 Å². The van der Waals surface area contributed by atoms with Crippen LogP contribution in [0.25, 0.3) is 12.2 Å². The van der Waals surface area contributed by atoms with Crippen LogP contribution in [0, 0.1) is 0 Å². The van der Waals surface area contributed by atoms with Gasteiger partial charge in [0.05, 0.1) is 0 Å². The fourth-order valence-corrected chi connectivity index (χ4v) is 4.09. The molecule has 2 nitrogen and oxygen atoms in total. The van der Waals surface area contributed by atoms with E-state index in [4.69, 9.17) is 0 Å². The summed E-state index contributed by atoms with van der Waals surface area (Å²) < 4.78 is 0. The quantitative estimate of drug-likeness (QED) is 0.253. The van der Waals surface area contributed by atoms with Crippen LogP contribution in [-0.2, 0) is 27.8 Å². The molecule has 35 heavy (non-hydrogen) atoms. The third-order valence-electron chi connectivity index (χ3n) is 6.30. The van der Waals surface area contributed by atoms with Gasteiger partial charge in [-0.3, -0.25) is 9.59 Å². The predicted molar refractivity (Wildman–Crippen MR) is 147 cm³/mol. The first-order valence-electron chi connectivity index (χ1n) is 12.7. The van der Waals surface area contributed by atoms with Crippen molar-refractivity contribution in [3.8, 4) is 0 Å². The maximum Gasteiger partial charge on any atom is 0.137 e. The Bertz CT molecular complexity index is 1100. The monoisotopic (exact) mass is 466 g/mol. The number of Topliss-reactive ketones (excluding diaryl/α,β-unsaturated/α-hetero) is 2. The van der Waals surface area contributed by atoms with E-state index in [1.54, 1.807) is 0 Å².